The van der Waals surface area contributed by atoms with Crippen molar-refractivity contribution in [3.05, 3.63) is 48.0 Å². The van der Waals surface area contributed by atoms with Crippen LogP contribution in [0.1, 0.15) is 29.6 Å². The van der Waals surface area contributed by atoms with E-state index in [4.69, 9.17) is 9.47 Å². The average molecular weight is 395 g/mol. The lowest BCUT2D eigenvalue weighted by atomic mass is 10.1. The number of anilines is 2. The molecule has 8 nitrogen and oxygen atoms in total. The van der Waals surface area contributed by atoms with E-state index in [9.17, 15) is 14.4 Å². The molecule has 0 aromatic heterocycles. The number of para-hydroxylation sites is 1. The van der Waals surface area contributed by atoms with E-state index in [0.29, 0.717) is 41.7 Å². The zero-order chi connectivity index (χ0) is 20.2. The third-order valence-corrected chi connectivity index (χ3v) is 4.74. The Balaban J connectivity index is 1.36. The van der Waals surface area contributed by atoms with Crippen LogP contribution >= 0.6 is 0 Å². The molecule has 4 rings (SSSR count). The molecule has 2 heterocycles. The molecular formula is C21H21N3O5. The molecule has 3 amide bonds. The number of carbonyl (C=O) groups is 3. The second-order valence-corrected chi connectivity index (χ2v) is 6.86. The van der Waals surface area contributed by atoms with Gasteiger partial charge in [-0.2, -0.15) is 0 Å². The highest BCUT2D eigenvalue weighted by molar-refractivity contribution is 6.10. The van der Waals surface area contributed by atoms with E-state index in [1.165, 1.54) is 0 Å². The van der Waals surface area contributed by atoms with E-state index in [-0.39, 0.29) is 30.6 Å². The first-order valence-corrected chi connectivity index (χ1v) is 9.50. The predicted octanol–water partition coefficient (Wildman–Crippen LogP) is 2.32. The molecule has 150 valence electrons. The van der Waals surface area contributed by atoms with Gasteiger partial charge < -0.3 is 25.4 Å². The third kappa shape index (κ3) is 4.31. The van der Waals surface area contributed by atoms with Gasteiger partial charge in [-0.15, -0.1) is 0 Å². The van der Waals surface area contributed by atoms with Gasteiger partial charge in [0.25, 0.3) is 5.91 Å². The molecule has 0 radical (unpaired) electrons. The van der Waals surface area contributed by atoms with Gasteiger partial charge in [-0.25, -0.2) is 0 Å². The summed E-state index contributed by atoms with van der Waals surface area (Å²) >= 11 is 0. The maximum absolute atomic E-state index is 12.4. The third-order valence-electron chi connectivity index (χ3n) is 4.74. The minimum absolute atomic E-state index is 0.0726. The van der Waals surface area contributed by atoms with Crippen LogP contribution in [0.2, 0.25) is 0 Å². The van der Waals surface area contributed by atoms with Crippen LogP contribution in [0.15, 0.2) is 42.5 Å². The molecule has 29 heavy (non-hydrogen) atoms. The van der Waals surface area contributed by atoms with E-state index in [1.807, 2.05) is 0 Å². The number of rotatable bonds is 4. The molecule has 3 N–H and O–H groups in total. The second kappa shape index (κ2) is 8.22. The molecule has 0 fully saturated rings. The van der Waals surface area contributed by atoms with E-state index < -0.39 is 6.04 Å². The van der Waals surface area contributed by atoms with Crippen molar-refractivity contribution < 1.29 is 23.9 Å². The summed E-state index contributed by atoms with van der Waals surface area (Å²) in [4.78, 5) is 37.1. The Hall–Kier alpha value is -3.55. The van der Waals surface area contributed by atoms with Gasteiger partial charge in [0.2, 0.25) is 11.8 Å². The first-order chi connectivity index (χ1) is 14.1. The smallest absolute Gasteiger partial charge is 0.254 e. The summed E-state index contributed by atoms with van der Waals surface area (Å²) in [5, 5.41) is 8.21. The molecule has 0 bridgehead atoms. The Kier molecular flexibility index (Phi) is 5.33. The van der Waals surface area contributed by atoms with Gasteiger partial charge in [0.05, 0.1) is 24.5 Å². The van der Waals surface area contributed by atoms with Crippen LogP contribution in [0.4, 0.5) is 11.4 Å². The summed E-state index contributed by atoms with van der Waals surface area (Å²) in [6.07, 6.45) is 1.06. The monoisotopic (exact) mass is 395 g/mol. The largest absolute Gasteiger partial charge is 0.490 e. The van der Waals surface area contributed by atoms with Crippen LogP contribution in [-0.4, -0.2) is 37.0 Å². The minimum Gasteiger partial charge on any atom is -0.490 e. The van der Waals surface area contributed by atoms with Crippen molar-refractivity contribution >= 4 is 29.1 Å². The lowest BCUT2D eigenvalue weighted by Gasteiger charge is -2.15. The van der Waals surface area contributed by atoms with E-state index in [2.05, 4.69) is 16.0 Å². The number of hydrogen-bond acceptors (Lipinski definition) is 5. The first-order valence-electron chi connectivity index (χ1n) is 9.50. The average Bonchev–Trinajstić information content (AvgIpc) is 3.02. The molecule has 0 saturated carbocycles. The molecule has 0 saturated heterocycles. The lowest BCUT2D eigenvalue weighted by molar-refractivity contribution is -0.118. The number of ether oxygens (including phenoxy) is 2. The molecule has 1 atom stereocenters. The fourth-order valence-electron chi connectivity index (χ4n) is 3.25. The topological polar surface area (TPSA) is 106 Å². The highest BCUT2D eigenvalue weighted by Crippen LogP contribution is 2.32. The van der Waals surface area contributed by atoms with Crippen LogP contribution in [0.3, 0.4) is 0 Å². The van der Waals surface area contributed by atoms with Gasteiger partial charge in [0, 0.05) is 24.6 Å². The predicted molar refractivity (Wildman–Crippen MR) is 106 cm³/mol. The molecule has 2 aliphatic rings. The molecule has 2 aliphatic heterocycles. The van der Waals surface area contributed by atoms with Crippen molar-refractivity contribution in [2.24, 2.45) is 0 Å². The molecular weight excluding hydrogens is 374 g/mol. The number of amides is 3. The van der Waals surface area contributed by atoms with Crippen molar-refractivity contribution in [2.75, 3.05) is 23.8 Å². The lowest BCUT2D eigenvalue weighted by Crippen LogP contribution is -2.41. The Bertz CT molecular complexity index is 959. The van der Waals surface area contributed by atoms with Crippen LogP contribution in [0.5, 0.6) is 11.5 Å². The summed E-state index contributed by atoms with van der Waals surface area (Å²) in [6, 6.07) is 11.2. The first kappa shape index (κ1) is 18.8. The molecule has 8 heteroatoms. The van der Waals surface area contributed by atoms with E-state index >= 15 is 0 Å². The highest BCUT2D eigenvalue weighted by atomic mass is 16.5. The van der Waals surface area contributed by atoms with Crippen molar-refractivity contribution in [2.45, 2.75) is 25.3 Å². The fourth-order valence-corrected chi connectivity index (χ4v) is 3.25. The Morgan fingerprint density at radius 1 is 1.07 bits per heavy atom. The normalized spacial score (nSPS) is 17.9. The number of carbonyl (C=O) groups excluding carboxylic acids is 3. The number of nitrogens with one attached hydrogen (secondary N) is 3. The van der Waals surface area contributed by atoms with Crippen LogP contribution in [0.25, 0.3) is 0 Å². The standard InChI is InChI=1S/C21H21N3O5/c25-19(22-13-6-8-17-18(12-13)29-11-3-10-28-17)9-7-16-21(27)23-15-5-2-1-4-14(15)20(26)24-16/h1-2,4-6,8,12,16H,3,7,9-11H2,(H,22,25)(H,23,27)(H,24,26)/t16-/m1/s1. The molecule has 2 aromatic rings. The molecule has 2 aromatic carbocycles. The van der Waals surface area contributed by atoms with Gasteiger partial charge in [0.15, 0.2) is 11.5 Å². The summed E-state index contributed by atoms with van der Waals surface area (Å²) in [5.74, 6) is 0.300. The van der Waals surface area contributed by atoms with Crippen molar-refractivity contribution in [3.8, 4) is 11.5 Å². The number of fused-ring (bicyclic) bond motifs is 2. The van der Waals surface area contributed by atoms with Gasteiger partial charge in [0.1, 0.15) is 6.04 Å². The molecule has 0 spiro atoms. The maximum Gasteiger partial charge on any atom is 0.254 e. The minimum atomic E-state index is -0.788. The fraction of sp³-hybridized carbons (Fsp3) is 0.286. The van der Waals surface area contributed by atoms with Crippen LogP contribution < -0.4 is 25.4 Å². The van der Waals surface area contributed by atoms with Crippen molar-refractivity contribution in [3.63, 3.8) is 0 Å². The van der Waals surface area contributed by atoms with Crippen molar-refractivity contribution in [1.82, 2.24) is 5.32 Å². The summed E-state index contributed by atoms with van der Waals surface area (Å²) in [6.45, 7) is 1.15. The van der Waals surface area contributed by atoms with Crippen LogP contribution in [-0.2, 0) is 9.59 Å². The number of benzene rings is 2. The summed E-state index contributed by atoms with van der Waals surface area (Å²) < 4.78 is 11.2. The van der Waals surface area contributed by atoms with Crippen LogP contribution in [0, 0.1) is 0 Å². The van der Waals surface area contributed by atoms with Gasteiger partial charge in [-0.05, 0) is 30.7 Å². The molecule has 0 unspecified atom stereocenters. The van der Waals surface area contributed by atoms with Gasteiger partial charge in [-0.1, -0.05) is 12.1 Å². The van der Waals surface area contributed by atoms with Gasteiger partial charge >= 0.3 is 0 Å². The molecule has 0 aliphatic carbocycles. The van der Waals surface area contributed by atoms with E-state index in [1.54, 1.807) is 42.5 Å². The Morgan fingerprint density at radius 3 is 2.72 bits per heavy atom. The zero-order valence-electron chi connectivity index (χ0n) is 15.7. The maximum atomic E-state index is 12.4. The Morgan fingerprint density at radius 2 is 1.86 bits per heavy atom. The van der Waals surface area contributed by atoms with E-state index in [0.717, 1.165) is 6.42 Å². The van der Waals surface area contributed by atoms with Crippen molar-refractivity contribution in [1.29, 1.82) is 0 Å². The second-order valence-electron chi connectivity index (χ2n) is 6.86. The SMILES string of the molecule is O=C(CC[C@H]1NC(=O)c2ccccc2NC1=O)Nc1ccc2c(c1)OCCCO2. The quantitative estimate of drug-likeness (QED) is 0.737. The summed E-state index contributed by atoms with van der Waals surface area (Å²) in [7, 11) is 0. The summed E-state index contributed by atoms with van der Waals surface area (Å²) in [5.41, 5.74) is 1.45. The number of hydrogen-bond donors (Lipinski definition) is 3. The Labute approximate surface area is 167 Å². The zero-order valence-corrected chi connectivity index (χ0v) is 15.7. The highest BCUT2D eigenvalue weighted by Gasteiger charge is 2.27. The van der Waals surface area contributed by atoms with Gasteiger partial charge in [-0.3, -0.25) is 14.4 Å².